The molecule has 2 unspecified atom stereocenters. The number of aryl methyl sites for hydroxylation is 2. The fraction of sp³-hybridized carbons (Fsp3) is 0.524. The van der Waals surface area contributed by atoms with E-state index < -0.39 is 0 Å². The lowest BCUT2D eigenvalue weighted by molar-refractivity contribution is 0.122. The molecule has 1 aromatic heterocycles. The Bertz CT molecular complexity index is 825. The van der Waals surface area contributed by atoms with Crippen molar-refractivity contribution in [3.8, 4) is 0 Å². The number of hydrogen-bond donors (Lipinski definition) is 2. The van der Waals surface area contributed by atoms with E-state index in [9.17, 15) is 0 Å². The summed E-state index contributed by atoms with van der Waals surface area (Å²) in [7, 11) is 4.03. The van der Waals surface area contributed by atoms with Gasteiger partial charge in [-0.05, 0) is 63.9 Å². The Balaban J connectivity index is 0.00000300. The molecule has 0 saturated carbocycles. The normalized spacial score (nSPS) is 20.2. The Kier molecular flexibility index (Phi) is 9.65. The lowest BCUT2D eigenvalue weighted by Gasteiger charge is -2.40. The first-order valence-corrected chi connectivity index (χ1v) is 11.0. The van der Waals surface area contributed by atoms with Gasteiger partial charge in [0.2, 0.25) is 0 Å². The van der Waals surface area contributed by atoms with Crippen LogP contribution in [0.15, 0.2) is 29.3 Å². The fourth-order valence-corrected chi connectivity index (χ4v) is 5.12. The number of piperidine rings is 1. The molecule has 3 rings (SSSR count). The highest BCUT2D eigenvalue weighted by atomic mass is 127. The van der Waals surface area contributed by atoms with Crippen LogP contribution >= 0.6 is 46.9 Å². The third kappa shape index (κ3) is 6.54. The van der Waals surface area contributed by atoms with E-state index in [0.29, 0.717) is 12.0 Å². The summed E-state index contributed by atoms with van der Waals surface area (Å²) in [6.07, 6.45) is 2.41. The second-order valence-electron chi connectivity index (χ2n) is 7.43. The van der Waals surface area contributed by atoms with Crippen molar-refractivity contribution in [1.29, 1.82) is 0 Å². The van der Waals surface area contributed by atoms with Crippen molar-refractivity contribution < 1.29 is 0 Å². The van der Waals surface area contributed by atoms with Gasteiger partial charge in [0.15, 0.2) is 5.96 Å². The van der Waals surface area contributed by atoms with Gasteiger partial charge >= 0.3 is 0 Å². The van der Waals surface area contributed by atoms with Crippen LogP contribution in [0.4, 0.5) is 0 Å². The number of guanidine groups is 1. The summed E-state index contributed by atoms with van der Waals surface area (Å²) in [6.45, 7) is 6.85. The highest BCUT2D eigenvalue weighted by Gasteiger charge is 2.30. The van der Waals surface area contributed by atoms with Crippen LogP contribution in [-0.4, -0.2) is 43.0 Å². The molecule has 1 aliphatic heterocycles. The highest BCUT2D eigenvalue weighted by molar-refractivity contribution is 14.0. The zero-order valence-corrected chi connectivity index (χ0v) is 21.4. The zero-order valence-electron chi connectivity index (χ0n) is 17.5. The molecule has 1 fully saturated rings. The zero-order chi connectivity index (χ0) is 20.1. The maximum absolute atomic E-state index is 6.26. The van der Waals surface area contributed by atoms with Crippen molar-refractivity contribution in [3.63, 3.8) is 0 Å². The van der Waals surface area contributed by atoms with Crippen molar-refractivity contribution in [2.75, 3.05) is 27.2 Å². The van der Waals surface area contributed by atoms with E-state index in [1.165, 1.54) is 23.3 Å². The van der Waals surface area contributed by atoms with Crippen molar-refractivity contribution >= 4 is 52.9 Å². The minimum atomic E-state index is 0. The van der Waals surface area contributed by atoms with Crippen molar-refractivity contribution in [1.82, 2.24) is 20.5 Å². The number of halogens is 2. The van der Waals surface area contributed by atoms with Crippen LogP contribution in [0, 0.1) is 19.8 Å². The fourth-order valence-electron chi connectivity index (χ4n) is 4.04. The first kappa shape index (κ1) is 24.4. The van der Waals surface area contributed by atoms with E-state index in [1.807, 2.05) is 26.1 Å². The molecule has 0 bridgehead atoms. The smallest absolute Gasteiger partial charge is 0.191 e. The molecule has 1 aromatic carbocycles. The Hall–Kier alpha value is -0.900. The summed E-state index contributed by atoms with van der Waals surface area (Å²) in [5.41, 5.74) is 2.39. The quantitative estimate of drug-likeness (QED) is 0.321. The van der Waals surface area contributed by atoms with Crippen LogP contribution < -0.4 is 10.6 Å². The van der Waals surface area contributed by atoms with Crippen LogP contribution in [0.5, 0.6) is 0 Å². The molecule has 8 heteroatoms. The van der Waals surface area contributed by atoms with Crippen molar-refractivity contribution in [3.05, 3.63) is 50.4 Å². The van der Waals surface area contributed by atoms with Gasteiger partial charge in [-0.15, -0.1) is 35.3 Å². The maximum atomic E-state index is 6.26. The van der Waals surface area contributed by atoms with E-state index in [0.717, 1.165) is 41.3 Å². The minimum Gasteiger partial charge on any atom is -0.356 e. The summed E-state index contributed by atoms with van der Waals surface area (Å²) >= 11 is 7.99. The molecule has 1 aliphatic rings. The lowest BCUT2D eigenvalue weighted by atomic mass is 9.85. The van der Waals surface area contributed by atoms with Gasteiger partial charge in [-0.1, -0.05) is 23.7 Å². The number of rotatable bonds is 5. The average Bonchev–Trinajstić information content (AvgIpc) is 2.99. The molecule has 160 valence electrons. The van der Waals surface area contributed by atoms with E-state index in [4.69, 9.17) is 11.6 Å². The van der Waals surface area contributed by atoms with E-state index >= 15 is 0 Å². The predicted molar refractivity (Wildman–Crippen MR) is 135 cm³/mol. The highest BCUT2D eigenvalue weighted by Crippen LogP contribution is 2.35. The molecule has 2 atom stereocenters. The Morgan fingerprint density at radius 1 is 1.34 bits per heavy atom. The van der Waals surface area contributed by atoms with Gasteiger partial charge in [-0.3, -0.25) is 9.89 Å². The van der Waals surface area contributed by atoms with Gasteiger partial charge in [-0.2, -0.15) is 0 Å². The second-order valence-corrected chi connectivity index (χ2v) is 9.16. The third-order valence-corrected chi connectivity index (χ3v) is 6.68. The summed E-state index contributed by atoms with van der Waals surface area (Å²) in [4.78, 5) is 12.6. The lowest BCUT2D eigenvalue weighted by Crippen LogP contribution is -2.44. The van der Waals surface area contributed by atoms with Crippen LogP contribution in [0.2, 0.25) is 5.02 Å². The molecular formula is C21H31ClIN5S. The van der Waals surface area contributed by atoms with E-state index in [2.05, 4.69) is 51.6 Å². The van der Waals surface area contributed by atoms with Crippen LogP contribution in [0.25, 0.3) is 0 Å². The van der Waals surface area contributed by atoms with Crippen LogP contribution in [0.1, 0.15) is 40.0 Å². The number of nitrogens with zero attached hydrogens (tertiary/aromatic N) is 3. The average molecular weight is 548 g/mol. The number of hydrogen-bond acceptors (Lipinski definition) is 4. The molecule has 0 radical (unpaired) electrons. The third-order valence-electron chi connectivity index (χ3n) is 5.37. The molecule has 29 heavy (non-hydrogen) atoms. The van der Waals surface area contributed by atoms with Crippen LogP contribution in [0.3, 0.4) is 0 Å². The summed E-state index contributed by atoms with van der Waals surface area (Å²) < 4.78 is 0. The number of thiazole rings is 1. The van der Waals surface area contributed by atoms with Crippen LogP contribution in [-0.2, 0) is 6.54 Å². The topological polar surface area (TPSA) is 52.6 Å². The van der Waals surface area contributed by atoms with Gasteiger partial charge in [0.25, 0.3) is 0 Å². The maximum Gasteiger partial charge on any atom is 0.191 e. The Morgan fingerprint density at radius 2 is 2.14 bits per heavy atom. The van der Waals surface area contributed by atoms with Crippen molar-refractivity contribution in [2.45, 2.75) is 39.3 Å². The van der Waals surface area contributed by atoms with Gasteiger partial charge in [0, 0.05) is 29.5 Å². The first-order valence-electron chi connectivity index (χ1n) is 9.81. The number of aromatic nitrogens is 1. The molecule has 2 aromatic rings. The van der Waals surface area contributed by atoms with Gasteiger partial charge in [0.05, 0.1) is 17.2 Å². The van der Waals surface area contributed by atoms with Gasteiger partial charge in [-0.25, -0.2) is 4.98 Å². The van der Waals surface area contributed by atoms with Gasteiger partial charge in [0.1, 0.15) is 0 Å². The SMILES string of the molecule is CN=C(NCc1sc(C)nc1C)NCC1CCCN(C)C1c1cccc(Cl)c1.I. The Labute approximate surface area is 200 Å². The molecular weight excluding hydrogens is 517 g/mol. The number of likely N-dealkylation sites (tertiary alicyclic amines) is 1. The predicted octanol–water partition coefficient (Wildman–Crippen LogP) is 4.78. The monoisotopic (exact) mass is 547 g/mol. The number of benzene rings is 1. The van der Waals surface area contributed by atoms with Gasteiger partial charge < -0.3 is 10.6 Å². The largest absolute Gasteiger partial charge is 0.356 e. The molecule has 0 spiro atoms. The number of nitrogens with one attached hydrogen (secondary N) is 2. The summed E-state index contributed by atoms with van der Waals surface area (Å²) in [5, 5.41) is 8.87. The number of aliphatic imine (C=N–C) groups is 1. The molecule has 0 amide bonds. The molecule has 5 nitrogen and oxygen atoms in total. The van der Waals surface area contributed by atoms with Crippen molar-refractivity contribution in [2.24, 2.45) is 10.9 Å². The van der Waals surface area contributed by atoms with E-state index in [-0.39, 0.29) is 24.0 Å². The Morgan fingerprint density at radius 3 is 2.79 bits per heavy atom. The molecule has 1 saturated heterocycles. The standard InChI is InChI=1S/C21H30ClN5S.HI/c1-14-19(28-15(2)26-14)13-25-21(23-3)24-12-17-8-6-10-27(4)20(17)16-7-5-9-18(22)11-16;/h5,7,9,11,17,20H,6,8,10,12-13H2,1-4H3,(H2,23,24,25);1H. The van der Waals surface area contributed by atoms with E-state index in [1.54, 1.807) is 11.3 Å². The second kappa shape index (κ2) is 11.5. The summed E-state index contributed by atoms with van der Waals surface area (Å²) in [5.74, 6) is 1.34. The molecule has 2 heterocycles. The molecule has 0 aliphatic carbocycles. The minimum absolute atomic E-state index is 0. The summed E-state index contributed by atoms with van der Waals surface area (Å²) in [6, 6.07) is 8.64. The molecule has 2 N–H and O–H groups in total. The first-order chi connectivity index (χ1) is 13.5.